The van der Waals surface area contributed by atoms with Crippen molar-refractivity contribution in [1.82, 2.24) is 0 Å². The maximum atomic E-state index is 9.71. The number of hydrogen-bond acceptors (Lipinski definition) is 2. The van der Waals surface area contributed by atoms with Crippen molar-refractivity contribution in [1.29, 1.82) is 0 Å². The van der Waals surface area contributed by atoms with Crippen LogP contribution in [0.2, 0.25) is 0 Å². The fraction of sp³-hybridized carbons (Fsp3) is 0.400. The van der Waals surface area contributed by atoms with Gasteiger partial charge in [-0.2, -0.15) is 0 Å². The summed E-state index contributed by atoms with van der Waals surface area (Å²) in [4.78, 5) is 0. The van der Waals surface area contributed by atoms with Gasteiger partial charge in [0.15, 0.2) is 0 Å². The average molecular weight is 242 g/mol. The lowest BCUT2D eigenvalue weighted by Gasteiger charge is -2.16. The molecule has 3 N–H and O–H groups in total. The van der Waals surface area contributed by atoms with E-state index in [1.54, 1.807) is 6.07 Å². The van der Waals surface area contributed by atoms with Crippen LogP contribution in [0.25, 0.3) is 0 Å². The Morgan fingerprint density at radius 1 is 1.46 bits per heavy atom. The summed E-state index contributed by atoms with van der Waals surface area (Å²) in [5.74, 6) is 0.359. The molecular formula is C10H12BrNO. The smallest absolute Gasteiger partial charge is 0.120 e. The summed E-state index contributed by atoms with van der Waals surface area (Å²) >= 11 is 3.45. The standard InChI is InChI=1S/C10H12BrNO/c11-7-2-1-3-8(13)9(7)10(6-12)4-5-10/h1-3,13H,4-6,12H2. The maximum Gasteiger partial charge on any atom is 0.120 e. The first-order valence-electron chi connectivity index (χ1n) is 4.38. The van der Waals surface area contributed by atoms with Crippen LogP contribution < -0.4 is 5.73 Å². The van der Waals surface area contributed by atoms with E-state index in [0.717, 1.165) is 22.9 Å². The second-order valence-electron chi connectivity index (χ2n) is 3.62. The third-order valence-corrected chi connectivity index (χ3v) is 3.43. The SMILES string of the molecule is NCC1(c2c(O)cccc2Br)CC1. The molecule has 1 saturated carbocycles. The minimum absolute atomic E-state index is 0.0458. The fourth-order valence-electron chi connectivity index (χ4n) is 1.74. The van der Waals surface area contributed by atoms with E-state index in [9.17, 15) is 5.11 Å². The third kappa shape index (κ3) is 1.36. The highest BCUT2D eigenvalue weighted by Gasteiger charge is 2.45. The summed E-state index contributed by atoms with van der Waals surface area (Å²) < 4.78 is 0.968. The average Bonchev–Trinajstić information content (AvgIpc) is 2.85. The summed E-state index contributed by atoms with van der Waals surface area (Å²) in [7, 11) is 0. The molecule has 0 heterocycles. The quantitative estimate of drug-likeness (QED) is 0.834. The molecule has 13 heavy (non-hydrogen) atoms. The molecule has 0 aliphatic heterocycles. The van der Waals surface area contributed by atoms with Crippen LogP contribution in [0, 0.1) is 0 Å². The summed E-state index contributed by atoms with van der Waals surface area (Å²) in [6.45, 7) is 0.614. The molecule has 70 valence electrons. The van der Waals surface area contributed by atoms with Gasteiger partial charge in [-0.15, -0.1) is 0 Å². The summed E-state index contributed by atoms with van der Waals surface area (Å²) in [6, 6.07) is 5.50. The van der Waals surface area contributed by atoms with Crippen molar-refractivity contribution < 1.29 is 5.11 Å². The molecule has 1 aromatic rings. The molecule has 1 fully saturated rings. The van der Waals surface area contributed by atoms with Crippen LogP contribution in [-0.2, 0) is 5.41 Å². The van der Waals surface area contributed by atoms with Crippen LogP contribution in [-0.4, -0.2) is 11.7 Å². The Labute approximate surface area is 85.9 Å². The van der Waals surface area contributed by atoms with Crippen LogP contribution in [0.3, 0.4) is 0 Å². The lowest BCUT2D eigenvalue weighted by molar-refractivity contribution is 0.458. The van der Waals surface area contributed by atoms with E-state index in [0.29, 0.717) is 12.3 Å². The van der Waals surface area contributed by atoms with Gasteiger partial charge in [0, 0.05) is 22.0 Å². The van der Waals surface area contributed by atoms with Gasteiger partial charge in [0.25, 0.3) is 0 Å². The first-order chi connectivity index (χ1) is 6.19. The first kappa shape index (κ1) is 9.03. The van der Waals surface area contributed by atoms with Crippen molar-refractivity contribution in [2.24, 2.45) is 5.73 Å². The summed E-state index contributed by atoms with van der Waals surface area (Å²) in [6.07, 6.45) is 2.17. The predicted molar refractivity (Wildman–Crippen MR) is 55.8 cm³/mol. The van der Waals surface area contributed by atoms with E-state index in [1.807, 2.05) is 12.1 Å². The Bertz CT molecular complexity index is 313. The molecule has 0 atom stereocenters. The van der Waals surface area contributed by atoms with Gasteiger partial charge >= 0.3 is 0 Å². The van der Waals surface area contributed by atoms with Gasteiger partial charge in [-0.1, -0.05) is 22.0 Å². The molecule has 0 amide bonds. The number of aromatic hydroxyl groups is 1. The van der Waals surface area contributed by atoms with E-state index in [-0.39, 0.29) is 5.41 Å². The normalized spacial score (nSPS) is 18.6. The third-order valence-electron chi connectivity index (χ3n) is 2.77. The first-order valence-corrected chi connectivity index (χ1v) is 5.17. The lowest BCUT2D eigenvalue weighted by Crippen LogP contribution is -2.20. The van der Waals surface area contributed by atoms with E-state index >= 15 is 0 Å². The van der Waals surface area contributed by atoms with Crippen molar-refractivity contribution in [3.8, 4) is 5.75 Å². The Morgan fingerprint density at radius 3 is 2.62 bits per heavy atom. The van der Waals surface area contributed by atoms with Crippen molar-refractivity contribution in [3.05, 3.63) is 28.2 Å². The van der Waals surface area contributed by atoms with E-state index in [4.69, 9.17) is 5.73 Å². The highest BCUT2D eigenvalue weighted by Crippen LogP contribution is 2.52. The molecular weight excluding hydrogens is 230 g/mol. The molecule has 0 spiro atoms. The van der Waals surface area contributed by atoms with Crippen LogP contribution in [0.4, 0.5) is 0 Å². The molecule has 1 aliphatic rings. The molecule has 0 saturated heterocycles. The van der Waals surface area contributed by atoms with Gasteiger partial charge in [0.05, 0.1) is 0 Å². The van der Waals surface area contributed by atoms with E-state index in [1.165, 1.54) is 0 Å². The lowest BCUT2D eigenvalue weighted by atomic mass is 9.95. The minimum Gasteiger partial charge on any atom is -0.508 e. The van der Waals surface area contributed by atoms with E-state index < -0.39 is 0 Å². The molecule has 0 bridgehead atoms. The fourth-order valence-corrected chi connectivity index (χ4v) is 2.52. The van der Waals surface area contributed by atoms with Crippen LogP contribution in [0.1, 0.15) is 18.4 Å². The topological polar surface area (TPSA) is 46.2 Å². The highest BCUT2D eigenvalue weighted by atomic mass is 79.9. The minimum atomic E-state index is 0.0458. The Hall–Kier alpha value is -0.540. The number of halogens is 1. The molecule has 3 heteroatoms. The van der Waals surface area contributed by atoms with Gasteiger partial charge < -0.3 is 10.8 Å². The Morgan fingerprint density at radius 2 is 2.15 bits per heavy atom. The zero-order chi connectivity index (χ0) is 9.47. The maximum absolute atomic E-state index is 9.71. The molecule has 2 rings (SSSR count). The molecule has 2 nitrogen and oxygen atoms in total. The van der Waals surface area contributed by atoms with Crippen LogP contribution in [0.5, 0.6) is 5.75 Å². The molecule has 0 aromatic heterocycles. The number of rotatable bonds is 2. The van der Waals surface area contributed by atoms with Crippen molar-refractivity contribution in [2.75, 3.05) is 6.54 Å². The number of nitrogens with two attached hydrogens (primary N) is 1. The van der Waals surface area contributed by atoms with Crippen molar-refractivity contribution in [3.63, 3.8) is 0 Å². The van der Waals surface area contributed by atoms with Gasteiger partial charge in [-0.25, -0.2) is 0 Å². The molecule has 0 unspecified atom stereocenters. The summed E-state index contributed by atoms with van der Waals surface area (Å²) in [5.41, 5.74) is 6.74. The Kier molecular flexibility index (Phi) is 2.08. The Balaban J connectivity index is 2.50. The van der Waals surface area contributed by atoms with Crippen molar-refractivity contribution in [2.45, 2.75) is 18.3 Å². The van der Waals surface area contributed by atoms with Gasteiger partial charge in [-0.3, -0.25) is 0 Å². The predicted octanol–water partition coefficient (Wildman–Crippen LogP) is 2.15. The number of phenols is 1. The second kappa shape index (κ2) is 3.00. The van der Waals surface area contributed by atoms with Gasteiger partial charge in [-0.05, 0) is 25.0 Å². The van der Waals surface area contributed by atoms with Crippen LogP contribution >= 0.6 is 15.9 Å². The zero-order valence-corrected chi connectivity index (χ0v) is 8.84. The number of benzene rings is 1. The highest BCUT2D eigenvalue weighted by molar-refractivity contribution is 9.10. The number of phenolic OH excluding ortho intramolecular Hbond substituents is 1. The van der Waals surface area contributed by atoms with Crippen LogP contribution in [0.15, 0.2) is 22.7 Å². The summed E-state index contributed by atoms with van der Waals surface area (Å²) in [5, 5.41) is 9.71. The molecule has 1 aromatic carbocycles. The largest absolute Gasteiger partial charge is 0.508 e. The monoisotopic (exact) mass is 241 g/mol. The molecule has 1 aliphatic carbocycles. The van der Waals surface area contributed by atoms with Gasteiger partial charge in [0.2, 0.25) is 0 Å². The van der Waals surface area contributed by atoms with Crippen molar-refractivity contribution >= 4 is 15.9 Å². The van der Waals surface area contributed by atoms with E-state index in [2.05, 4.69) is 15.9 Å². The zero-order valence-electron chi connectivity index (χ0n) is 7.26. The molecule has 0 radical (unpaired) electrons. The van der Waals surface area contributed by atoms with Gasteiger partial charge in [0.1, 0.15) is 5.75 Å². The number of hydrogen-bond donors (Lipinski definition) is 2. The second-order valence-corrected chi connectivity index (χ2v) is 4.47.